The van der Waals surface area contributed by atoms with Gasteiger partial charge in [-0.2, -0.15) is 15.0 Å². The van der Waals surface area contributed by atoms with Gasteiger partial charge in [-0.05, 0) is 25.5 Å². The van der Waals surface area contributed by atoms with Gasteiger partial charge in [0.15, 0.2) is 0 Å². The molecule has 9 heteroatoms. The highest BCUT2D eigenvalue weighted by Gasteiger charge is 2.44. The number of rotatable bonds is 3. The highest BCUT2D eigenvalue weighted by atomic mass is 19.1. The normalized spacial score (nSPS) is 20.9. The second-order valence-corrected chi connectivity index (χ2v) is 7.49. The molecule has 148 valence electrons. The number of aryl methyl sites for hydroxylation is 1. The van der Waals surface area contributed by atoms with Crippen molar-refractivity contribution in [2.75, 3.05) is 24.5 Å². The van der Waals surface area contributed by atoms with Crippen LogP contribution in [0.1, 0.15) is 22.5 Å². The van der Waals surface area contributed by atoms with Gasteiger partial charge in [-0.3, -0.25) is 9.78 Å². The first-order chi connectivity index (χ1) is 14.1. The number of anilines is 1. The molecule has 2 aliphatic rings. The number of likely N-dealkylation sites (tertiary alicyclic amines) is 1. The van der Waals surface area contributed by atoms with E-state index in [0.717, 1.165) is 24.5 Å². The van der Waals surface area contributed by atoms with Crippen molar-refractivity contribution >= 4 is 11.7 Å². The van der Waals surface area contributed by atoms with Gasteiger partial charge in [-0.1, -0.05) is 6.07 Å². The average Bonchev–Trinajstić information content (AvgIpc) is 3.24. The molecule has 0 aliphatic carbocycles. The minimum absolute atomic E-state index is 0.00292. The summed E-state index contributed by atoms with van der Waals surface area (Å²) < 4.78 is 14.7. The summed E-state index contributed by atoms with van der Waals surface area (Å²) in [6, 6.07) is 4.68. The molecule has 1 amide bonds. The van der Waals surface area contributed by atoms with Crippen LogP contribution in [0.5, 0.6) is 0 Å². The summed E-state index contributed by atoms with van der Waals surface area (Å²) in [7, 11) is 0. The maximum atomic E-state index is 14.7. The van der Waals surface area contributed by atoms with Crippen molar-refractivity contribution in [2.24, 2.45) is 5.92 Å². The Morgan fingerprint density at radius 3 is 2.72 bits per heavy atom. The van der Waals surface area contributed by atoms with Crippen molar-refractivity contribution in [3.8, 4) is 5.69 Å². The lowest BCUT2D eigenvalue weighted by Gasteiger charge is -2.53. The van der Waals surface area contributed by atoms with Crippen LogP contribution in [-0.4, -0.2) is 61.4 Å². The van der Waals surface area contributed by atoms with Gasteiger partial charge in [-0.15, -0.1) is 0 Å². The van der Waals surface area contributed by atoms with Crippen molar-refractivity contribution in [1.82, 2.24) is 29.9 Å². The lowest BCUT2D eigenvalue weighted by Crippen LogP contribution is -2.65. The summed E-state index contributed by atoms with van der Waals surface area (Å²) >= 11 is 0. The largest absolute Gasteiger partial charge is 0.350 e. The first-order valence-electron chi connectivity index (χ1n) is 9.61. The van der Waals surface area contributed by atoms with E-state index in [1.807, 2.05) is 6.92 Å². The highest BCUT2D eigenvalue weighted by molar-refractivity contribution is 5.98. The van der Waals surface area contributed by atoms with Crippen LogP contribution < -0.4 is 4.90 Å². The lowest BCUT2D eigenvalue weighted by atomic mass is 9.82. The minimum atomic E-state index is -0.568. The number of piperidine rings is 1. The molecule has 0 unspecified atom stereocenters. The summed E-state index contributed by atoms with van der Waals surface area (Å²) in [6.07, 6.45) is 7.40. The third kappa shape index (κ3) is 3.02. The van der Waals surface area contributed by atoms with E-state index in [4.69, 9.17) is 0 Å². The molecular formula is C20H20FN7O. The fourth-order valence-electron chi connectivity index (χ4n) is 4.17. The molecule has 8 nitrogen and oxygen atoms in total. The number of carbonyl (C=O) groups excluding carboxylic acids is 1. The van der Waals surface area contributed by atoms with E-state index in [-0.39, 0.29) is 17.5 Å². The Morgan fingerprint density at radius 1 is 1.14 bits per heavy atom. The molecule has 1 aromatic carbocycles. The van der Waals surface area contributed by atoms with E-state index in [1.165, 1.54) is 23.3 Å². The van der Waals surface area contributed by atoms with Gasteiger partial charge in [0.05, 0.1) is 36.5 Å². The van der Waals surface area contributed by atoms with Crippen LogP contribution in [-0.2, 0) is 0 Å². The fourth-order valence-corrected chi connectivity index (χ4v) is 4.17. The molecule has 2 aromatic heterocycles. The molecule has 0 spiro atoms. The molecule has 4 heterocycles. The number of amides is 1. The molecular weight excluding hydrogens is 373 g/mol. The molecule has 3 aromatic rings. The maximum absolute atomic E-state index is 14.7. The maximum Gasteiger partial charge on any atom is 0.259 e. The number of benzene rings is 1. The Kier molecular flexibility index (Phi) is 4.22. The molecule has 0 bridgehead atoms. The van der Waals surface area contributed by atoms with Gasteiger partial charge in [0.25, 0.3) is 5.91 Å². The number of fused-ring (bicyclic) bond motifs is 1. The molecule has 5 rings (SSSR count). The Morgan fingerprint density at radius 2 is 1.97 bits per heavy atom. The van der Waals surface area contributed by atoms with E-state index in [2.05, 4.69) is 25.1 Å². The highest BCUT2D eigenvalue weighted by Crippen LogP contribution is 2.36. The zero-order valence-corrected chi connectivity index (χ0v) is 15.9. The second-order valence-electron chi connectivity index (χ2n) is 7.49. The van der Waals surface area contributed by atoms with Crippen molar-refractivity contribution in [2.45, 2.75) is 19.4 Å². The van der Waals surface area contributed by atoms with E-state index < -0.39 is 5.82 Å². The molecule has 0 saturated carbocycles. The van der Waals surface area contributed by atoms with Gasteiger partial charge in [-0.25, -0.2) is 9.37 Å². The van der Waals surface area contributed by atoms with Gasteiger partial charge in [0.2, 0.25) is 0 Å². The van der Waals surface area contributed by atoms with Gasteiger partial charge in [0.1, 0.15) is 22.9 Å². The minimum Gasteiger partial charge on any atom is -0.350 e. The summed E-state index contributed by atoms with van der Waals surface area (Å²) in [5.41, 5.74) is 1.21. The smallest absolute Gasteiger partial charge is 0.259 e. The molecule has 0 radical (unpaired) electrons. The van der Waals surface area contributed by atoms with Crippen molar-refractivity contribution in [1.29, 1.82) is 0 Å². The predicted molar refractivity (Wildman–Crippen MR) is 103 cm³/mol. The summed E-state index contributed by atoms with van der Waals surface area (Å²) in [5.74, 6) is 0.422. The summed E-state index contributed by atoms with van der Waals surface area (Å²) in [6.45, 7) is 3.94. The van der Waals surface area contributed by atoms with Crippen molar-refractivity contribution in [3.63, 3.8) is 0 Å². The fraction of sp³-hybridized carbons (Fsp3) is 0.350. The number of aromatic nitrogens is 5. The van der Waals surface area contributed by atoms with E-state index in [9.17, 15) is 9.18 Å². The third-order valence-electron chi connectivity index (χ3n) is 5.74. The van der Waals surface area contributed by atoms with E-state index >= 15 is 0 Å². The number of halogens is 1. The quantitative estimate of drug-likeness (QED) is 0.676. The second kappa shape index (κ2) is 6.91. The van der Waals surface area contributed by atoms with Crippen LogP contribution in [0, 0.1) is 18.7 Å². The van der Waals surface area contributed by atoms with Crippen molar-refractivity contribution in [3.05, 3.63) is 60.1 Å². The number of nitrogens with zero attached hydrogens (tertiary/aromatic N) is 7. The number of hydrogen-bond donors (Lipinski definition) is 0. The average molecular weight is 393 g/mol. The SMILES string of the molecule is Cc1cnc(N2C[C@@H]3CCN(C(=O)c4c(F)cccc4-n4nccn4)C[C@@H]32)cn1. The van der Waals surface area contributed by atoms with Gasteiger partial charge in [0, 0.05) is 25.6 Å². The zero-order valence-electron chi connectivity index (χ0n) is 15.9. The van der Waals surface area contributed by atoms with Crippen LogP contribution in [0.2, 0.25) is 0 Å². The van der Waals surface area contributed by atoms with Crippen molar-refractivity contribution < 1.29 is 9.18 Å². The molecule has 2 aliphatic heterocycles. The Hall–Kier alpha value is -3.36. The Labute approximate surface area is 167 Å². The third-order valence-corrected chi connectivity index (χ3v) is 5.74. The Bertz CT molecular complexity index is 1040. The predicted octanol–water partition coefficient (Wildman–Crippen LogP) is 1.86. The molecule has 29 heavy (non-hydrogen) atoms. The first kappa shape index (κ1) is 17.7. The zero-order chi connectivity index (χ0) is 20.0. The molecule has 2 atom stereocenters. The van der Waals surface area contributed by atoms with Crippen LogP contribution in [0.4, 0.5) is 10.2 Å². The van der Waals surface area contributed by atoms with Crippen LogP contribution in [0.25, 0.3) is 5.69 Å². The number of carbonyl (C=O) groups is 1. The van der Waals surface area contributed by atoms with E-state index in [1.54, 1.807) is 29.4 Å². The first-order valence-corrected chi connectivity index (χ1v) is 9.61. The lowest BCUT2D eigenvalue weighted by molar-refractivity contribution is 0.0586. The van der Waals surface area contributed by atoms with Crippen LogP contribution in [0.15, 0.2) is 43.0 Å². The van der Waals surface area contributed by atoms with Crippen LogP contribution >= 0.6 is 0 Å². The molecule has 2 fully saturated rings. The number of hydrogen-bond acceptors (Lipinski definition) is 6. The summed E-state index contributed by atoms with van der Waals surface area (Å²) in [5, 5.41) is 8.11. The monoisotopic (exact) mass is 393 g/mol. The summed E-state index contributed by atoms with van der Waals surface area (Å²) in [4.78, 5) is 27.2. The van der Waals surface area contributed by atoms with Crippen LogP contribution in [0.3, 0.4) is 0 Å². The molecule has 2 saturated heterocycles. The van der Waals surface area contributed by atoms with Gasteiger partial charge >= 0.3 is 0 Å². The van der Waals surface area contributed by atoms with Gasteiger partial charge < -0.3 is 9.80 Å². The van der Waals surface area contributed by atoms with E-state index in [0.29, 0.717) is 24.7 Å². The topological polar surface area (TPSA) is 80.0 Å². The molecule has 0 N–H and O–H groups in total. The standard InChI is InChI=1S/C20H20FN7O/c1-13-9-23-18(10-22-13)27-11-14-5-8-26(12-17(14)27)20(29)19-15(21)3-2-4-16(19)28-24-6-7-25-28/h2-4,6-7,9-10,14,17H,5,8,11-12H2,1H3/t14-,17-/m0/s1. The Balaban J connectivity index is 1.40.